The van der Waals surface area contributed by atoms with E-state index in [0.717, 1.165) is 19.4 Å². The van der Waals surface area contributed by atoms with E-state index < -0.39 is 5.67 Å². The van der Waals surface area contributed by atoms with Crippen molar-refractivity contribution in [1.82, 2.24) is 4.90 Å². The molecule has 17 heavy (non-hydrogen) atoms. The molecule has 0 fully saturated rings. The molecular weight excluding hydrogens is 213 g/mol. The van der Waals surface area contributed by atoms with Gasteiger partial charge in [0.05, 0.1) is 6.54 Å². The monoisotopic (exact) mass is 243 g/mol. The highest BCUT2D eigenvalue weighted by atomic mass is 19.1. The van der Waals surface area contributed by atoms with Crippen molar-refractivity contribution in [3.05, 3.63) is 12.3 Å². The van der Waals surface area contributed by atoms with Crippen LogP contribution in [-0.2, 0) is 0 Å². The van der Waals surface area contributed by atoms with Crippen LogP contribution in [0.1, 0.15) is 54.4 Å². The second-order valence-corrected chi connectivity index (χ2v) is 5.26. The molecular formula is C15H30FN. The van der Waals surface area contributed by atoms with E-state index in [-0.39, 0.29) is 5.92 Å². The van der Waals surface area contributed by atoms with Gasteiger partial charge in [0.15, 0.2) is 0 Å². The maximum atomic E-state index is 14.3. The van der Waals surface area contributed by atoms with Crippen LogP contribution in [0.3, 0.4) is 0 Å². The van der Waals surface area contributed by atoms with Gasteiger partial charge in [0.2, 0.25) is 0 Å². The van der Waals surface area contributed by atoms with E-state index in [1.165, 1.54) is 0 Å². The van der Waals surface area contributed by atoms with Gasteiger partial charge in [0.1, 0.15) is 5.67 Å². The number of hydrogen-bond donors (Lipinski definition) is 0. The van der Waals surface area contributed by atoms with E-state index in [1.807, 2.05) is 18.7 Å². The maximum absolute atomic E-state index is 14.3. The number of nitrogens with zero attached hydrogens (tertiary/aromatic N) is 1. The Morgan fingerprint density at radius 2 is 2.00 bits per heavy atom. The Kier molecular flexibility index (Phi) is 7.49. The van der Waals surface area contributed by atoms with Crippen LogP contribution in [0.4, 0.5) is 4.39 Å². The fraction of sp³-hybridized carbons (Fsp3) is 0.867. The number of hydrogen-bond acceptors (Lipinski definition) is 1. The second-order valence-electron chi connectivity index (χ2n) is 5.26. The molecule has 0 aromatic carbocycles. The van der Waals surface area contributed by atoms with Crippen molar-refractivity contribution >= 4 is 0 Å². The molecule has 1 aliphatic rings. The molecule has 0 spiro atoms. The Labute approximate surface area is 107 Å². The highest BCUT2D eigenvalue weighted by Crippen LogP contribution is 2.32. The molecule has 1 nitrogen and oxygen atoms in total. The third kappa shape index (κ3) is 5.56. The Morgan fingerprint density at radius 3 is 2.41 bits per heavy atom. The molecule has 1 heterocycles. The minimum absolute atomic E-state index is 0.0997. The lowest BCUT2D eigenvalue weighted by atomic mass is 9.83. The fourth-order valence-corrected chi connectivity index (χ4v) is 2.12. The van der Waals surface area contributed by atoms with Crippen LogP contribution >= 0.6 is 0 Å². The summed E-state index contributed by atoms with van der Waals surface area (Å²) in [6.45, 7) is 13.6. The molecule has 0 aromatic rings. The smallest absolute Gasteiger partial charge is 0.131 e. The van der Waals surface area contributed by atoms with Crippen molar-refractivity contribution in [1.29, 1.82) is 0 Å². The third-order valence-corrected chi connectivity index (χ3v) is 3.28. The quantitative estimate of drug-likeness (QED) is 0.695. The van der Waals surface area contributed by atoms with Crippen LogP contribution in [0.15, 0.2) is 12.3 Å². The first-order valence-electron chi connectivity index (χ1n) is 7.07. The minimum Gasteiger partial charge on any atom is -0.375 e. The lowest BCUT2D eigenvalue weighted by molar-refractivity contribution is 0.0702. The van der Waals surface area contributed by atoms with Crippen LogP contribution in [0, 0.1) is 11.8 Å². The zero-order valence-electron chi connectivity index (χ0n) is 12.5. The van der Waals surface area contributed by atoms with E-state index in [1.54, 1.807) is 6.92 Å². The minimum atomic E-state index is -1.06. The Balaban J connectivity index is 0.00000121. The molecule has 2 unspecified atom stereocenters. The molecule has 0 N–H and O–H groups in total. The van der Waals surface area contributed by atoms with Gasteiger partial charge in [0, 0.05) is 12.5 Å². The van der Waals surface area contributed by atoms with E-state index in [0.29, 0.717) is 12.5 Å². The standard InChI is InChI=1S/C13H24FN.C2H6/c1-5-15-9-8-12(7-6-11(2)3)13(4,14)10-15;1-2/h8-9,11-12H,5-7,10H2,1-4H3;1-2H3. The summed E-state index contributed by atoms with van der Waals surface area (Å²) in [5.41, 5.74) is -1.06. The predicted octanol–water partition coefficient (Wildman–Crippen LogP) is 4.64. The summed E-state index contributed by atoms with van der Waals surface area (Å²) >= 11 is 0. The van der Waals surface area contributed by atoms with Crippen molar-refractivity contribution in [3.8, 4) is 0 Å². The van der Waals surface area contributed by atoms with Crippen LogP contribution in [-0.4, -0.2) is 23.7 Å². The van der Waals surface area contributed by atoms with Crippen molar-refractivity contribution in [2.24, 2.45) is 11.8 Å². The molecule has 2 heteroatoms. The van der Waals surface area contributed by atoms with Crippen molar-refractivity contribution in [3.63, 3.8) is 0 Å². The van der Waals surface area contributed by atoms with Gasteiger partial charge in [-0.15, -0.1) is 0 Å². The summed E-state index contributed by atoms with van der Waals surface area (Å²) < 4.78 is 14.3. The van der Waals surface area contributed by atoms with Crippen LogP contribution in [0.2, 0.25) is 0 Å². The fourth-order valence-electron chi connectivity index (χ4n) is 2.12. The first-order chi connectivity index (χ1) is 7.95. The second kappa shape index (κ2) is 7.73. The van der Waals surface area contributed by atoms with Crippen LogP contribution in [0.5, 0.6) is 0 Å². The van der Waals surface area contributed by atoms with Crippen molar-refractivity contribution in [2.45, 2.75) is 60.1 Å². The van der Waals surface area contributed by atoms with E-state index in [9.17, 15) is 4.39 Å². The zero-order chi connectivity index (χ0) is 13.5. The van der Waals surface area contributed by atoms with Gasteiger partial charge >= 0.3 is 0 Å². The molecule has 0 bridgehead atoms. The molecule has 0 amide bonds. The topological polar surface area (TPSA) is 3.24 Å². The summed E-state index contributed by atoms with van der Waals surface area (Å²) in [6, 6.07) is 0. The van der Waals surface area contributed by atoms with Gasteiger partial charge in [-0.25, -0.2) is 4.39 Å². The highest BCUT2D eigenvalue weighted by Gasteiger charge is 2.36. The third-order valence-electron chi connectivity index (χ3n) is 3.28. The zero-order valence-corrected chi connectivity index (χ0v) is 12.5. The average Bonchev–Trinajstić information content (AvgIpc) is 2.28. The summed E-state index contributed by atoms with van der Waals surface area (Å²) in [5.74, 6) is 0.765. The van der Waals surface area contributed by atoms with Gasteiger partial charge in [-0.2, -0.15) is 0 Å². The average molecular weight is 243 g/mol. The molecule has 1 rings (SSSR count). The molecule has 0 saturated heterocycles. The molecule has 0 radical (unpaired) electrons. The Morgan fingerprint density at radius 1 is 1.41 bits per heavy atom. The van der Waals surface area contributed by atoms with E-state index >= 15 is 0 Å². The molecule has 0 aliphatic carbocycles. The van der Waals surface area contributed by atoms with Gasteiger partial charge in [-0.05, 0) is 32.4 Å². The van der Waals surface area contributed by atoms with Crippen molar-refractivity contribution in [2.75, 3.05) is 13.1 Å². The first kappa shape index (κ1) is 16.5. The van der Waals surface area contributed by atoms with Crippen LogP contribution in [0.25, 0.3) is 0 Å². The summed E-state index contributed by atoms with van der Waals surface area (Å²) in [7, 11) is 0. The Bertz CT molecular complexity index is 221. The van der Waals surface area contributed by atoms with Crippen molar-refractivity contribution < 1.29 is 4.39 Å². The van der Waals surface area contributed by atoms with Crippen LogP contribution < -0.4 is 0 Å². The number of halogens is 1. The maximum Gasteiger partial charge on any atom is 0.131 e. The molecule has 102 valence electrons. The molecule has 2 atom stereocenters. The van der Waals surface area contributed by atoms with Gasteiger partial charge < -0.3 is 4.90 Å². The first-order valence-corrected chi connectivity index (χ1v) is 7.07. The summed E-state index contributed by atoms with van der Waals surface area (Å²) in [4.78, 5) is 2.05. The van der Waals surface area contributed by atoms with Gasteiger partial charge in [-0.1, -0.05) is 40.2 Å². The number of allylic oxidation sites excluding steroid dienone is 1. The largest absolute Gasteiger partial charge is 0.375 e. The molecule has 0 aromatic heterocycles. The highest BCUT2D eigenvalue weighted by molar-refractivity contribution is 5.04. The van der Waals surface area contributed by atoms with E-state index in [4.69, 9.17) is 0 Å². The number of alkyl halides is 1. The molecule has 0 saturated carbocycles. The number of rotatable bonds is 4. The lowest BCUT2D eigenvalue weighted by Gasteiger charge is -2.37. The summed E-state index contributed by atoms with van der Waals surface area (Å²) in [5, 5.41) is 0. The lowest BCUT2D eigenvalue weighted by Crippen LogP contribution is -2.43. The summed E-state index contributed by atoms with van der Waals surface area (Å²) in [6.07, 6.45) is 6.20. The molecule has 1 aliphatic heterocycles. The van der Waals surface area contributed by atoms with Gasteiger partial charge in [-0.3, -0.25) is 0 Å². The Hall–Kier alpha value is -0.530. The van der Waals surface area contributed by atoms with Gasteiger partial charge in [0.25, 0.3) is 0 Å². The predicted molar refractivity (Wildman–Crippen MR) is 74.8 cm³/mol. The SMILES string of the molecule is CC.CCN1C=CC(CCC(C)C)C(C)(F)C1. The van der Waals surface area contributed by atoms with E-state index in [2.05, 4.69) is 33.0 Å². The normalized spacial score (nSPS) is 28.0.